The average molecular weight is 328 g/mol. The van der Waals surface area contributed by atoms with Crippen LogP contribution in [-0.2, 0) is 4.79 Å². The molecule has 6 nitrogen and oxygen atoms in total. The van der Waals surface area contributed by atoms with E-state index in [-0.39, 0.29) is 23.6 Å². The van der Waals surface area contributed by atoms with Crippen LogP contribution in [0.5, 0.6) is 0 Å². The Hall–Kier alpha value is -2.73. The summed E-state index contributed by atoms with van der Waals surface area (Å²) in [6.45, 7) is 3.72. The minimum atomic E-state index is -1.00. The second-order valence-electron chi connectivity index (χ2n) is 5.95. The lowest BCUT2D eigenvalue weighted by molar-refractivity contribution is -0.120. The summed E-state index contributed by atoms with van der Waals surface area (Å²) in [5, 5.41) is 12.5. The maximum atomic E-state index is 12.1. The molecule has 0 aliphatic rings. The van der Waals surface area contributed by atoms with Gasteiger partial charge in [-0.3, -0.25) is 19.7 Å². The number of benzene rings is 1. The monoisotopic (exact) mass is 328 g/mol. The Bertz CT molecular complexity index is 781. The molecule has 2 amide bonds. The van der Waals surface area contributed by atoms with E-state index in [1.807, 2.05) is 19.9 Å². The van der Waals surface area contributed by atoms with Crippen molar-refractivity contribution in [3.05, 3.63) is 69.6 Å². The molecule has 1 aromatic heterocycles. The van der Waals surface area contributed by atoms with Crippen LogP contribution in [0.1, 0.15) is 48.0 Å². The smallest absolute Gasteiger partial charge is 0.263 e. The number of imide groups is 1. The van der Waals surface area contributed by atoms with E-state index in [9.17, 15) is 19.5 Å². The average Bonchev–Trinajstić information content (AvgIpc) is 2.53. The summed E-state index contributed by atoms with van der Waals surface area (Å²) >= 11 is 0. The zero-order valence-electron chi connectivity index (χ0n) is 13.6. The van der Waals surface area contributed by atoms with Crippen molar-refractivity contribution in [2.24, 2.45) is 5.92 Å². The zero-order valence-corrected chi connectivity index (χ0v) is 13.6. The third-order valence-corrected chi connectivity index (χ3v) is 3.44. The van der Waals surface area contributed by atoms with Crippen molar-refractivity contribution in [3.63, 3.8) is 0 Å². The van der Waals surface area contributed by atoms with Crippen LogP contribution >= 0.6 is 0 Å². The lowest BCUT2D eigenvalue weighted by atomic mass is 10.1. The molecule has 2 aromatic rings. The Balaban J connectivity index is 2.16. The first kappa shape index (κ1) is 17.6. The van der Waals surface area contributed by atoms with Gasteiger partial charge in [-0.05, 0) is 11.5 Å². The minimum Gasteiger partial charge on any atom is -0.382 e. The summed E-state index contributed by atoms with van der Waals surface area (Å²) in [5.41, 5.74) is 0.165. The van der Waals surface area contributed by atoms with Crippen LogP contribution in [0.15, 0.2) is 47.4 Å². The van der Waals surface area contributed by atoms with Crippen LogP contribution in [0, 0.1) is 5.92 Å². The van der Waals surface area contributed by atoms with Crippen LogP contribution in [0.2, 0.25) is 0 Å². The molecule has 0 aliphatic heterocycles. The van der Waals surface area contributed by atoms with Gasteiger partial charge in [0.2, 0.25) is 5.91 Å². The van der Waals surface area contributed by atoms with E-state index in [1.54, 1.807) is 24.3 Å². The van der Waals surface area contributed by atoms with Gasteiger partial charge in [0.05, 0.1) is 5.69 Å². The number of aromatic amines is 1. The Labute approximate surface area is 139 Å². The molecular weight excluding hydrogens is 308 g/mol. The van der Waals surface area contributed by atoms with Crippen molar-refractivity contribution < 1.29 is 14.7 Å². The van der Waals surface area contributed by atoms with Crippen LogP contribution in [0.25, 0.3) is 0 Å². The molecule has 0 bridgehead atoms. The van der Waals surface area contributed by atoms with Gasteiger partial charge in [-0.1, -0.05) is 44.2 Å². The van der Waals surface area contributed by atoms with Gasteiger partial charge < -0.3 is 10.1 Å². The number of rotatable bonds is 5. The molecule has 1 atom stereocenters. The largest absolute Gasteiger partial charge is 0.382 e. The summed E-state index contributed by atoms with van der Waals surface area (Å²) in [6, 6.07) is 10.0. The van der Waals surface area contributed by atoms with E-state index < -0.39 is 23.3 Å². The predicted molar refractivity (Wildman–Crippen MR) is 89.5 cm³/mol. The molecule has 0 radical (unpaired) electrons. The van der Waals surface area contributed by atoms with E-state index in [0.29, 0.717) is 5.56 Å². The standard InChI is InChI=1S/C18H20N2O4/c1-11(2)8-16(22)20-18(24)13-10-19-14(9-15(13)21)17(23)12-6-4-3-5-7-12/h3-7,9-11,17,23H,8H2,1-2H3,(H,19,21)(H,20,22,24)/t17-/m0/s1. The molecule has 6 heteroatoms. The highest BCUT2D eigenvalue weighted by Crippen LogP contribution is 2.18. The van der Waals surface area contributed by atoms with Crippen LogP contribution in [0.4, 0.5) is 0 Å². The van der Waals surface area contributed by atoms with Gasteiger partial charge >= 0.3 is 0 Å². The van der Waals surface area contributed by atoms with Crippen molar-refractivity contribution in [1.82, 2.24) is 10.3 Å². The third kappa shape index (κ3) is 4.39. The van der Waals surface area contributed by atoms with E-state index in [1.165, 1.54) is 12.3 Å². The fraction of sp³-hybridized carbons (Fsp3) is 0.278. The molecule has 1 aromatic carbocycles. The topological polar surface area (TPSA) is 99.3 Å². The minimum absolute atomic E-state index is 0.111. The van der Waals surface area contributed by atoms with Gasteiger partial charge in [0, 0.05) is 18.7 Å². The van der Waals surface area contributed by atoms with E-state index in [4.69, 9.17) is 0 Å². The van der Waals surface area contributed by atoms with Gasteiger partial charge in [-0.2, -0.15) is 0 Å². The van der Waals surface area contributed by atoms with Gasteiger partial charge in [-0.15, -0.1) is 0 Å². The molecule has 126 valence electrons. The zero-order chi connectivity index (χ0) is 17.7. The highest BCUT2D eigenvalue weighted by atomic mass is 16.3. The first-order valence-corrected chi connectivity index (χ1v) is 7.68. The number of nitrogens with one attached hydrogen (secondary N) is 2. The second-order valence-corrected chi connectivity index (χ2v) is 5.95. The van der Waals surface area contributed by atoms with Crippen molar-refractivity contribution in [2.75, 3.05) is 0 Å². The maximum Gasteiger partial charge on any atom is 0.263 e. The SMILES string of the molecule is CC(C)CC(=O)NC(=O)c1c[nH]c([C@@H](O)c2ccccc2)cc1=O. The number of pyridine rings is 1. The van der Waals surface area contributed by atoms with Crippen molar-refractivity contribution in [3.8, 4) is 0 Å². The fourth-order valence-electron chi connectivity index (χ4n) is 2.25. The van der Waals surface area contributed by atoms with E-state index >= 15 is 0 Å². The molecule has 0 fully saturated rings. The fourth-order valence-corrected chi connectivity index (χ4v) is 2.25. The number of hydrogen-bond acceptors (Lipinski definition) is 4. The van der Waals surface area contributed by atoms with Crippen molar-refractivity contribution in [1.29, 1.82) is 0 Å². The lowest BCUT2D eigenvalue weighted by Crippen LogP contribution is -2.34. The Kier molecular flexibility index (Phi) is 5.65. The summed E-state index contributed by atoms with van der Waals surface area (Å²) in [4.78, 5) is 38.5. The molecule has 0 spiro atoms. The molecule has 0 aliphatic carbocycles. The highest BCUT2D eigenvalue weighted by molar-refractivity contribution is 6.04. The molecular formula is C18H20N2O4. The van der Waals surface area contributed by atoms with Crippen LogP contribution in [-0.4, -0.2) is 21.9 Å². The number of aliphatic hydroxyl groups is 1. The van der Waals surface area contributed by atoms with Crippen molar-refractivity contribution in [2.45, 2.75) is 26.4 Å². The number of carbonyl (C=O) groups is 2. The molecule has 2 rings (SSSR count). The van der Waals surface area contributed by atoms with E-state index in [2.05, 4.69) is 10.3 Å². The Morgan fingerprint density at radius 1 is 1.21 bits per heavy atom. The summed E-state index contributed by atoms with van der Waals surface area (Å²) in [7, 11) is 0. The number of H-pyrrole nitrogens is 1. The number of hydrogen-bond donors (Lipinski definition) is 3. The number of carbonyl (C=O) groups excluding carboxylic acids is 2. The molecule has 0 saturated heterocycles. The molecule has 1 heterocycles. The summed E-state index contributed by atoms with van der Waals surface area (Å²) in [5.74, 6) is -1.06. The predicted octanol–water partition coefficient (Wildman–Crippen LogP) is 1.76. The number of aliphatic hydroxyl groups excluding tert-OH is 1. The Morgan fingerprint density at radius 3 is 2.46 bits per heavy atom. The van der Waals surface area contributed by atoms with Crippen LogP contribution < -0.4 is 10.7 Å². The van der Waals surface area contributed by atoms with Crippen LogP contribution in [0.3, 0.4) is 0 Å². The van der Waals surface area contributed by atoms with Gasteiger partial charge in [-0.25, -0.2) is 0 Å². The molecule has 0 saturated carbocycles. The first-order chi connectivity index (χ1) is 11.4. The lowest BCUT2D eigenvalue weighted by Gasteiger charge is -2.12. The van der Waals surface area contributed by atoms with E-state index in [0.717, 1.165) is 0 Å². The number of amides is 2. The molecule has 0 unspecified atom stereocenters. The van der Waals surface area contributed by atoms with Crippen molar-refractivity contribution >= 4 is 11.8 Å². The molecule has 24 heavy (non-hydrogen) atoms. The van der Waals surface area contributed by atoms with Gasteiger partial charge in [0.15, 0.2) is 5.43 Å². The maximum absolute atomic E-state index is 12.1. The molecule has 3 N–H and O–H groups in total. The second kappa shape index (κ2) is 7.70. The van der Waals surface area contributed by atoms with Gasteiger partial charge in [0.1, 0.15) is 11.7 Å². The number of aromatic nitrogens is 1. The normalized spacial score (nSPS) is 12.0. The quantitative estimate of drug-likeness (QED) is 0.779. The van der Waals surface area contributed by atoms with Gasteiger partial charge in [0.25, 0.3) is 5.91 Å². The summed E-state index contributed by atoms with van der Waals surface area (Å²) < 4.78 is 0. The third-order valence-electron chi connectivity index (χ3n) is 3.44. The first-order valence-electron chi connectivity index (χ1n) is 7.68. The Morgan fingerprint density at radius 2 is 1.88 bits per heavy atom. The summed E-state index contributed by atoms with van der Waals surface area (Å²) in [6.07, 6.45) is 0.412. The highest BCUT2D eigenvalue weighted by Gasteiger charge is 2.17.